The van der Waals surface area contributed by atoms with Crippen LogP contribution in [0.5, 0.6) is 0 Å². The van der Waals surface area contributed by atoms with E-state index in [9.17, 15) is 13.2 Å². The molecular weight excluding hydrogens is 372 g/mol. The minimum atomic E-state index is -3.04. The molecular formula is C17H22N4O3S2. The highest BCUT2D eigenvalue weighted by molar-refractivity contribution is 8.00. The number of nitrogens with zero attached hydrogens (tertiary/aromatic N) is 4. The first kappa shape index (κ1) is 18.9. The van der Waals surface area contributed by atoms with Gasteiger partial charge in [-0.25, -0.2) is 8.42 Å². The van der Waals surface area contributed by atoms with E-state index in [0.717, 1.165) is 11.9 Å². The minimum absolute atomic E-state index is 0.0670. The second-order valence-electron chi connectivity index (χ2n) is 6.75. The number of aromatic nitrogens is 4. The molecule has 2 heterocycles. The Kier molecular flexibility index (Phi) is 5.38. The third-order valence-corrected chi connectivity index (χ3v) is 6.23. The second kappa shape index (κ2) is 7.40. The normalized spacial score (nSPS) is 12.5. The Morgan fingerprint density at radius 3 is 2.62 bits per heavy atom. The molecule has 0 radical (unpaired) electrons. The predicted octanol–water partition coefficient (Wildman–Crippen LogP) is 2.23. The summed E-state index contributed by atoms with van der Waals surface area (Å²) in [6, 6.07) is 7.36. The zero-order valence-electron chi connectivity index (χ0n) is 15.0. The number of hydrogen-bond acceptors (Lipinski definition) is 6. The molecule has 7 nitrogen and oxygen atoms in total. The van der Waals surface area contributed by atoms with E-state index in [0.29, 0.717) is 34.5 Å². The van der Waals surface area contributed by atoms with Gasteiger partial charge in [-0.1, -0.05) is 37.7 Å². The number of aryl methyl sites for hydroxylation is 1. The molecule has 0 unspecified atom stereocenters. The van der Waals surface area contributed by atoms with Crippen molar-refractivity contribution in [3.63, 3.8) is 0 Å². The molecule has 1 aromatic carbocycles. The zero-order valence-corrected chi connectivity index (χ0v) is 16.7. The van der Waals surface area contributed by atoms with Gasteiger partial charge in [0.25, 0.3) is 5.56 Å². The van der Waals surface area contributed by atoms with Gasteiger partial charge in [0.2, 0.25) is 5.78 Å². The van der Waals surface area contributed by atoms with E-state index in [1.54, 1.807) is 10.6 Å². The standard InChI is InChI=1S/C17H22N4O3S2/c1-12(2)8-9-20-15(22)13-6-4-5-7-14(13)21-16(20)18-19-17(21)25-10-11-26(3,23)24/h4-7,12H,8-11H2,1-3H3. The molecule has 3 aromatic rings. The summed E-state index contributed by atoms with van der Waals surface area (Å²) in [7, 11) is -3.04. The summed E-state index contributed by atoms with van der Waals surface area (Å²) in [6.07, 6.45) is 2.08. The summed E-state index contributed by atoms with van der Waals surface area (Å²) in [5.41, 5.74) is 0.661. The van der Waals surface area contributed by atoms with Crippen LogP contribution in [0.2, 0.25) is 0 Å². The van der Waals surface area contributed by atoms with Crippen molar-refractivity contribution >= 4 is 38.3 Å². The predicted molar refractivity (Wildman–Crippen MR) is 105 cm³/mol. The van der Waals surface area contributed by atoms with E-state index in [4.69, 9.17) is 0 Å². The SMILES string of the molecule is CC(C)CCn1c(=O)c2ccccc2n2c(SCCS(C)(=O)=O)nnc12. The van der Waals surface area contributed by atoms with E-state index in [-0.39, 0.29) is 11.3 Å². The third kappa shape index (κ3) is 3.93. The molecule has 0 aliphatic rings. The van der Waals surface area contributed by atoms with Crippen LogP contribution in [-0.2, 0) is 16.4 Å². The van der Waals surface area contributed by atoms with Gasteiger partial charge in [0.05, 0.1) is 16.7 Å². The monoisotopic (exact) mass is 394 g/mol. The highest BCUT2D eigenvalue weighted by atomic mass is 32.2. The van der Waals surface area contributed by atoms with Crippen molar-refractivity contribution in [2.75, 3.05) is 17.8 Å². The number of benzene rings is 1. The molecule has 0 fully saturated rings. The number of sulfone groups is 1. The average molecular weight is 395 g/mol. The maximum Gasteiger partial charge on any atom is 0.262 e. The van der Waals surface area contributed by atoms with Crippen LogP contribution in [0.4, 0.5) is 0 Å². The lowest BCUT2D eigenvalue weighted by Gasteiger charge is -2.12. The first-order chi connectivity index (χ1) is 12.3. The second-order valence-corrected chi connectivity index (χ2v) is 10.1. The molecule has 2 aromatic heterocycles. The van der Waals surface area contributed by atoms with Crippen molar-refractivity contribution in [1.29, 1.82) is 0 Å². The van der Waals surface area contributed by atoms with Crippen molar-refractivity contribution in [3.8, 4) is 0 Å². The molecule has 0 saturated heterocycles. The summed E-state index contributed by atoms with van der Waals surface area (Å²) in [5.74, 6) is 1.41. The van der Waals surface area contributed by atoms with Gasteiger partial charge in [-0.15, -0.1) is 10.2 Å². The van der Waals surface area contributed by atoms with E-state index in [1.807, 2.05) is 22.6 Å². The molecule has 26 heavy (non-hydrogen) atoms. The molecule has 0 bridgehead atoms. The first-order valence-corrected chi connectivity index (χ1v) is 11.5. The Bertz CT molecular complexity index is 1100. The number of rotatable bonds is 7. The Hall–Kier alpha value is -1.87. The van der Waals surface area contributed by atoms with Gasteiger partial charge in [0.1, 0.15) is 9.84 Å². The Morgan fingerprint density at radius 2 is 1.92 bits per heavy atom. The first-order valence-electron chi connectivity index (χ1n) is 8.45. The van der Waals surface area contributed by atoms with E-state index in [2.05, 4.69) is 24.0 Å². The number of hydrogen-bond donors (Lipinski definition) is 0. The third-order valence-electron chi connectivity index (χ3n) is 4.09. The molecule has 3 rings (SSSR count). The lowest BCUT2D eigenvalue weighted by Crippen LogP contribution is -2.24. The van der Waals surface area contributed by atoms with Crippen molar-refractivity contribution in [2.24, 2.45) is 5.92 Å². The summed E-state index contributed by atoms with van der Waals surface area (Å²) in [5, 5.41) is 9.64. The molecule has 140 valence electrons. The fraction of sp³-hybridized carbons (Fsp3) is 0.471. The number of thioether (sulfide) groups is 1. The van der Waals surface area contributed by atoms with Crippen LogP contribution in [0.3, 0.4) is 0 Å². The molecule has 0 aliphatic carbocycles. The van der Waals surface area contributed by atoms with Crippen LogP contribution in [0.25, 0.3) is 16.7 Å². The molecule has 0 N–H and O–H groups in total. The van der Waals surface area contributed by atoms with E-state index >= 15 is 0 Å². The molecule has 0 aliphatic heterocycles. The largest absolute Gasteiger partial charge is 0.276 e. The van der Waals surface area contributed by atoms with E-state index in [1.165, 1.54) is 18.0 Å². The van der Waals surface area contributed by atoms with Gasteiger partial charge in [-0.3, -0.25) is 13.8 Å². The summed E-state index contributed by atoms with van der Waals surface area (Å²) in [4.78, 5) is 12.9. The maximum absolute atomic E-state index is 12.9. The van der Waals surface area contributed by atoms with Crippen LogP contribution in [0.15, 0.2) is 34.2 Å². The van der Waals surface area contributed by atoms with Gasteiger partial charge >= 0.3 is 0 Å². The van der Waals surface area contributed by atoms with Gasteiger partial charge in [0, 0.05) is 18.6 Å². The van der Waals surface area contributed by atoms with Crippen LogP contribution in [0.1, 0.15) is 20.3 Å². The highest BCUT2D eigenvalue weighted by Gasteiger charge is 2.17. The van der Waals surface area contributed by atoms with Gasteiger partial charge in [0.15, 0.2) is 5.16 Å². The Balaban J connectivity index is 2.13. The molecule has 0 amide bonds. The summed E-state index contributed by atoms with van der Waals surface area (Å²) >= 11 is 1.33. The van der Waals surface area contributed by atoms with Crippen molar-refractivity contribution < 1.29 is 8.42 Å². The number of para-hydroxylation sites is 1. The lowest BCUT2D eigenvalue weighted by molar-refractivity contribution is 0.512. The minimum Gasteiger partial charge on any atom is -0.276 e. The molecule has 0 saturated carbocycles. The quantitative estimate of drug-likeness (QED) is 0.571. The number of fused-ring (bicyclic) bond motifs is 3. The topological polar surface area (TPSA) is 86.3 Å². The van der Waals surface area contributed by atoms with Crippen LogP contribution >= 0.6 is 11.8 Å². The van der Waals surface area contributed by atoms with Crippen LogP contribution < -0.4 is 5.56 Å². The van der Waals surface area contributed by atoms with Crippen molar-refractivity contribution in [3.05, 3.63) is 34.6 Å². The zero-order chi connectivity index (χ0) is 18.9. The van der Waals surface area contributed by atoms with Crippen LogP contribution in [-0.4, -0.2) is 45.3 Å². The fourth-order valence-electron chi connectivity index (χ4n) is 2.70. The lowest BCUT2D eigenvalue weighted by atomic mass is 10.1. The molecule has 0 atom stereocenters. The summed E-state index contributed by atoms with van der Waals surface area (Å²) in [6.45, 7) is 4.79. The average Bonchev–Trinajstić information content (AvgIpc) is 2.97. The smallest absolute Gasteiger partial charge is 0.262 e. The molecule has 9 heteroatoms. The van der Waals surface area contributed by atoms with Crippen LogP contribution in [0, 0.1) is 5.92 Å². The van der Waals surface area contributed by atoms with Gasteiger partial charge < -0.3 is 0 Å². The van der Waals surface area contributed by atoms with Crippen molar-refractivity contribution in [2.45, 2.75) is 32.0 Å². The molecule has 0 spiro atoms. The Morgan fingerprint density at radius 1 is 1.19 bits per heavy atom. The van der Waals surface area contributed by atoms with E-state index < -0.39 is 9.84 Å². The summed E-state index contributed by atoms with van der Waals surface area (Å²) < 4.78 is 26.3. The van der Waals surface area contributed by atoms with Gasteiger partial charge in [-0.05, 0) is 24.5 Å². The maximum atomic E-state index is 12.9. The highest BCUT2D eigenvalue weighted by Crippen LogP contribution is 2.22. The fourth-order valence-corrected chi connectivity index (χ4v) is 4.83. The Labute approximate surface area is 156 Å². The van der Waals surface area contributed by atoms with Crippen molar-refractivity contribution in [1.82, 2.24) is 19.2 Å². The van der Waals surface area contributed by atoms with Gasteiger partial charge in [-0.2, -0.15) is 0 Å².